The summed E-state index contributed by atoms with van der Waals surface area (Å²) in [7, 11) is -9.91. The standard InChI is InChI=1S/C72H140O17P2/c1-8-11-12-13-14-15-17-24-32-39-46-53-69(74)82-60-68(89-72(77)56-49-42-35-28-27-31-38-45-52-65(7)10-3)62-87-91(80,81)85-58-66(73)57-84-90(78,79)86-61-67(88-71(76)55-48-41-34-26-19-16-18-22-29-36-43-50-63(4)5)59-83-70(75)54-47-40-33-25-21-20-23-30-37-44-51-64(6)9-2/h63-68,73H,8-62H2,1-7H3,(H,78,79)(H,80,81)/t64?,65?,66-,67-,68-/m1/s1. The number of esters is 4. The zero-order chi connectivity index (χ0) is 67.3. The molecule has 540 valence electrons. The average Bonchev–Trinajstić information content (AvgIpc) is 2.33. The van der Waals surface area contributed by atoms with Gasteiger partial charge in [-0.1, -0.05) is 312 Å². The SMILES string of the molecule is CCCCCCCCCCCCCC(=O)OC[C@H](COP(=O)(O)OC[C@H](O)COP(=O)(O)OC[C@@H](COC(=O)CCCCCCCCCCCCC(C)CC)OC(=O)CCCCCCCCCCCCCC(C)C)OC(=O)CCCCCCCCCCC(C)CC. The highest BCUT2D eigenvalue weighted by Gasteiger charge is 2.30. The maximum absolute atomic E-state index is 13.0. The second-order valence-corrected chi connectivity index (χ2v) is 29.8. The van der Waals surface area contributed by atoms with Crippen LogP contribution in [-0.2, 0) is 65.4 Å². The number of aliphatic hydroxyl groups excluding tert-OH is 1. The van der Waals surface area contributed by atoms with Crippen LogP contribution in [0.1, 0.15) is 363 Å². The Labute approximate surface area is 556 Å². The van der Waals surface area contributed by atoms with Crippen molar-refractivity contribution in [1.82, 2.24) is 0 Å². The Kier molecular flexibility index (Phi) is 61.5. The first-order chi connectivity index (χ1) is 43.8. The van der Waals surface area contributed by atoms with Crippen LogP contribution in [-0.4, -0.2) is 96.7 Å². The fourth-order valence-corrected chi connectivity index (χ4v) is 12.4. The number of ether oxygens (including phenoxy) is 4. The molecule has 0 heterocycles. The number of phosphoric acid groups is 2. The normalized spacial score (nSPS) is 14.8. The van der Waals surface area contributed by atoms with Crippen LogP contribution in [0.25, 0.3) is 0 Å². The lowest BCUT2D eigenvalue weighted by Crippen LogP contribution is -2.30. The molecule has 0 aromatic heterocycles. The van der Waals surface area contributed by atoms with Crippen molar-refractivity contribution in [2.24, 2.45) is 17.8 Å². The monoisotopic (exact) mass is 1340 g/mol. The van der Waals surface area contributed by atoms with Gasteiger partial charge in [-0.25, -0.2) is 9.13 Å². The molecule has 0 bridgehead atoms. The van der Waals surface area contributed by atoms with Crippen LogP contribution in [0.4, 0.5) is 0 Å². The minimum absolute atomic E-state index is 0.105. The van der Waals surface area contributed by atoms with Gasteiger partial charge in [0.05, 0.1) is 26.4 Å². The lowest BCUT2D eigenvalue weighted by Gasteiger charge is -2.21. The Balaban J connectivity index is 5.27. The molecule has 0 rings (SSSR count). The Morgan fingerprint density at radius 1 is 0.319 bits per heavy atom. The summed E-state index contributed by atoms with van der Waals surface area (Å²) in [5, 5.41) is 10.6. The summed E-state index contributed by atoms with van der Waals surface area (Å²) in [6.07, 6.45) is 46.9. The molecule has 0 saturated heterocycles. The molecular formula is C72H140O17P2. The molecule has 3 N–H and O–H groups in total. The number of rotatable bonds is 70. The minimum atomic E-state index is -4.95. The summed E-state index contributed by atoms with van der Waals surface area (Å²) in [6.45, 7) is 11.9. The Morgan fingerprint density at radius 2 is 0.560 bits per heavy atom. The first kappa shape index (κ1) is 89.1. The third-order valence-corrected chi connectivity index (χ3v) is 19.3. The van der Waals surface area contributed by atoms with Gasteiger partial charge >= 0.3 is 39.5 Å². The van der Waals surface area contributed by atoms with E-state index in [1.165, 1.54) is 173 Å². The molecule has 0 aromatic carbocycles. The van der Waals surface area contributed by atoms with Crippen molar-refractivity contribution in [3.8, 4) is 0 Å². The first-order valence-electron chi connectivity index (χ1n) is 37.4. The van der Waals surface area contributed by atoms with E-state index in [-0.39, 0.29) is 25.7 Å². The van der Waals surface area contributed by atoms with E-state index in [0.29, 0.717) is 25.7 Å². The molecule has 17 nitrogen and oxygen atoms in total. The third kappa shape index (κ3) is 63.9. The molecule has 0 fully saturated rings. The van der Waals surface area contributed by atoms with E-state index in [1.54, 1.807) is 0 Å². The Hall–Kier alpha value is -1.94. The van der Waals surface area contributed by atoms with Crippen LogP contribution in [0.5, 0.6) is 0 Å². The summed E-state index contributed by atoms with van der Waals surface area (Å²) in [4.78, 5) is 72.7. The number of aliphatic hydroxyl groups is 1. The van der Waals surface area contributed by atoms with Gasteiger partial charge < -0.3 is 33.8 Å². The zero-order valence-electron chi connectivity index (χ0n) is 59.3. The second-order valence-electron chi connectivity index (χ2n) is 26.9. The molecule has 0 aliphatic carbocycles. The van der Waals surface area contributed by atoms with Gasteiger partial charge in [-0.2, -0.15) is 0 Å². The van der Waals surface area contributed by atoms with E-state index in [2.05, 4.69) is 48.5 Å². The Bertz CT molecular complexity index is 1790. The third-order valence-electron chi connectivity index (χ3n) is 17.4. The van der Waals surface area contributed by atoms with Crippen LogP contribution in [0.3, 0.4) is 0 Å². The summed E-state index contributed by atoms with van der Waals surface area (Å²) < 4.78 is 68.4. The summed E-state index contributed by atoms with van der Waals surface area (Å²) >= 11 is 0. The smallest absolute Gasteiger partial charge is 0.462 e. The molecule has 7 atom stereocenters. The van der Waals surface area contributed by atoms with Crippen molar-refractivity contribution in [3.05, 3.63) is 0 Å². The summed E-state index contributed by atoms with van der Waals surface area (Å²) in [5.74, 6) is 0.221. The largest absolute Gasteiger partial charge is 0.472 e. The van der Waals surface area contributed by atoms with Crippen molar-refractivity contribution in [2.45, 2.75) is 381 Å². The lowest BCUT2D eigenvalue weighted by molar-refractivity contribution is -0.161. The van der Waals surface area contributed by atoms with Crippen molar-refractivity contribution >= 4 is 39.5 Å². The molecule has 91 heavy (non-hydrogen) atoms. The highest BCUT2D eigenvalue weighted by atomic mass is 31.2. The number of carbonyl (C=O) groups excluding carboxylic acids is 4. The molecule has 0 aliphatic rings. The minimum Gasteiger partial charge on any atom is -0.462 e. The molecule has 0 aliphatic heterocycles. The Morgan fingerprint density at radius 3 is 0.835 bits per heavy atom. The lowest BCUT2D eigenvalue weighted by atomic mass is 9.99. The van der Waals surface area contributed by atoms with Crippen molar-refractivity contribution in [2.75, 3.05) is 39.6 Å². The van der Waals surface area contributed by atoms with E-state index in [9.17, 15) is 43.2 Å². The average molecular weight is 1340 g/mol. The van der Waals surface area contributed by atoms with Gasteiger partial charge in [0.25, 0.3) is 0 Å². The fourth-order valence-electron chi connectivity index (χ4n) is 10.8. The van der Waals surface area contributed by atoms with Gasteiger partial charge in [0.1, 0.15) is 19.3 Å². The topological polar surface area (TPSA) is 237 Å². The van der Waals surface area contributed by atoms with Gasteiger partial charge in [-0.3, -0.25) is 37.3 Å². The van der Waals surface area contributed by atoms with E-state index in [1.807, 2.05) is 0 Å². The van der Waals surface area contributed by atoms with E-state index >= 15 is 0 Å². The van der Waals surface area contributed by atoms with Gasteiger partial charge in [0, 0.05) is 25.7 Å². The van der Waals surface area contributed by atoms with E-state index in [0.717, 1.165) is 108 Å². The summed E-state index contributed by atoms with van der Waals surface area (Å²) in [5.41, 5.74) is 0. The molecule has 0 spiro atoms. The molecule has 4 unspecified atom stereocenters. The molecule has 19 heteroatoms. The molecule has 0 aromatic rings. The zero-order valence-corrected chi connectivity index (χ0v) is 61.1. The number of phosphoric ester groups is 2. The number of carbonyl (C=O) groups is 4. The highest BCUT2D eigenvalue weighted by molar-refractivity contribution is 7.47. The first-order valence-corrected chi connectivity index (χ1v) is 40.4. The van der Waals surface area contributed by atoms with Crippen LogP contribution < -0.4 is 0 Å². The van der Waals surface area contributed by atoms with Crippen LogP contribution in [0.2, 0.25) is 0 Å². The molecular weight excluding hydrogens is 1200 g/mol. The predicted octanol–water partition coefficient (Wildman–Crippen LogP) is 20.6. The van der Waals surface area contributed by atoms with Crippen LogP contribution in [0.15, 0.2) is 0 Å². The van der Waals surface area contributed by atoms with E-state index in [4.69, 9.17) is 37.0 Å². The summed E-state index contributed by atoms with van der Waals surface area (Å²) in [6, 6.07) is 0. The van der Waals surface area contributed by atoms with Gasteiger partial charge in [-0.15, -0.1) is 0 Å². The van der Waals surface area contributed by atoms with Crippen molar-refractivity contribution in [3.63, 3.8) is 0 Å². The molecule has 0 amide bonds. The maximum atomic E-state index is 13.0. The van der Waals surface area contributed by atoms with Crippen LogP contribution >= 0.6 is 15.6 Å². The predicted molar refractivity (Wildman–Crippen MR) is 368 cm³/mol. The van der Waals surface area contributed by atoms with Crippen LogP contribution in [0, 0.1) is 17.8 Å². The quantitative estimate of drug-likeness (QED) is 0.0222. The fraction of sp³-hybridized carbons (Fsp3) is 0.944. The van der Waals surface area contributed by atoms with Gasteiger partial charge in [0.2, 0.25) is 0 Å². The van der Waals surface area contributed by atoms with E-state index < -0.39 is 97.5 Å². The number of hydrogen-bond acceptors (Lipinski definition) is 15. The maximum Gasteiger partial charge on any atom is 0.472 e. The molecule has 0 saturated carbocycles. The van der Waals surface area contributed by atoms with Gasteiger partial charge in [0.15, 0.2) is 12.2 Å². The molecule has 0 radical (unpaired) electrons. The van der Waals surface area contributed by atoms with Gasteiger partial charge in [-0.05, 0) is 43.4 Å². The highest BCUT2D eigenvalue weighted by Crippen LogP contribution is 2.45. The number of hydrogen-bond donors (Lipinski definition) is 3. The van der Waals surface area contributed by atoms with Crippen molar-refractivity contribution < 1.29 is 80.2 Å². The second kappa shape index (κ2) is 62.8. The number of unbranched alkanes of at least 4 members (excludes halogenated alkanes) is 36. The van der Waals surface area contributed by atoms with Crippen molar-refractivity contribution in [1.29, 1.82) is 0 Å².